The first kappa shape index (κ1) is 7.02. The van der Waals surface area contributed by atoms with Gasteiger partial charge in [0.1, 0.15) is 0 Å². The maximum Gasteiger partial charge on any atom is 0.274 e. The second-order valence-corrected chi connectivity index (χ2v) is 2.30. The minimum absolute atomic E-state index is 0.433. The topological polar surface area (TPSA) is 49.3 Å². The van der Waals surface area contributed by atoms with Crippen LogP contribution in [0.4, 0.5) is 0 Å². The molecule has 1 rings (SSSR count). The zero-order chi connectivity index (χ0) is 7.56. The summed E-state index contributed by atoms with van der Waals surface area (Å²) in [6.07, 6.45) is 4.34. The molecule has 0 heterocycles. The molecule has 54 valence electrons. The largest absolute Gasteiger partial charge is 0.288 e. The quantitative estimate of drug-likeness (QED) is 0.416. The van der Waals surface area contributed by atoms with Crippen LogP contribution in [0.3, 0.4) is 0 Å². The summed E-state index contributed by atoms with van der Waals surface area (Å²) in [6.45, 7) is 1.94. The number of amides is 1. The van der Waals surface area contributed by atoms with Crippen LogP contribution in [0, 0.1) is 0 Å². The molecule has 0 aromatic rings. The zero-order valence-corrected chi connectivity index (χ0v) is 5.72. The van der Waals surface area contributed by atoms with E-state index < -0.39 is 5.91 Å². The number of rotatable bonds is 1. The molecule has 0 saturated carbocycles. The number of hydrogen-bond acceptors (Lipinski definition) is 2. The van der Waals surface area contributed by atoms with Crippen LogP contribution in [0.25, 0.3) is 0 Å². The molecule has 1 amide bonds. The van der Waals surface area contributed by atoms with Gasteiger partial charge in [-0.1, -0.05) is 17.7 Å². The predicted octanol–water partition coefficient (Wildman–Crippen LogP) is 0.768. The summed E-state index contributed by atoms with van der Waals surface area (Å²) >= 11 is 0. The van der Waals surface area contributed by atoms with Crippen molar-refractivity contribution >= 4 is 5.91 Å². The SMILES string of the molecule is CC1=CC(C(=O)NO)=CC1. The lowest BCUT2D eigenvalue weighted by Gasteiger charge is -1.93. The number of hydrogen-bond donors (Lipinski definition) is 2. The van der Waals surface area contributed by atoms with Gasteiger partial charge >= 0.3 is 0 Å². The maximum atomic E-state index is 10.7. The average Bonchev–Trinajstić information content (AvgIpc) is 2.34. The van der Waals surface area contributed by atoms with Crippen LogP contribution in [-0.2, 0) is 4.79 Å². The van der Waals surface area contributed by atoms with Crippen LogP contribution in [-0.4, -0.2) is 11.1 Å². The second-order valence-electron chi connectivity index (χ2n) is 2.30. The highest BCUT2D eigenvalue weighted by molar-refractivity contribution is 5.96. The Morgan fingerprint density at radius 2 is 2.50 bits per heavy atom. The maximum absolute atomic E-state index is 10.7. The summed E-state index contributed by atoms with van der Waals surface area (Å²) in [5.41, 5.74) is 3.25. The first-order chi connectivity index (χ1) is 4.74. The minimum Gasteiger partial charge on any atom is -0.288 e. The van der Waals surface area contributed by atoms with Crippen LogP contribution in [0.2, 0.25) is 0 Å². The van der Waals surface area contributed by atoms with E-state index in [0.29, 0.717) is 5.57 Å². The van der Waals surface area contributed by atoms with Gasteiger partial charge in [0.25, 0.3) is 5.91 Å². The molecule has 0 aliphatic heterocycles. The molecule has 0 unspecified atom stereocenters. The van der Waals surface area contributed by atoms with Crippen molar-refractivity contribution in [2.75, 3.05) is 0 Å². The first-order valence-corrected chi connectivity index (χ1v) is 3.06. The third-order valence-electron chi connectivity index (χ3n) is 1.41. The summed E-state index contributed by atoms with van der Waals surface area (Å²) in [5, 5.41) is 8.21. The van der Waals surface area contributed by atoms with Crippen LogP contribution in [0.15, 0.2) is 23.3 Å². The Kier molecular flexibility index (Phi) is 1.87. The number of hydroxylamine groups is 1. The highest BCUT2D eigenvalue weighted by atomic mass is 16.5. The van der Waals surface area contributed by atoms with Gasteiger partial charge in [-0.2, -0.15) is 0 Å². The number of nitrogens with one attached hydrogen (secondary N) is 1. The smallest absolute Gasteiger partial charge is 0.274 e. The summed E-state index contributed by atoms with van der Waals surface area (Å²) in [7, 11) is 0. The molecule has 0 radical (unpaired) electrons. The molecular weight excluding hydrogens is 130 g/mol. The standard InChI is InChI=1S/C7H9NO2/c1-5-2-3-6(4-5)7(9)8-10/h3-4,10H,2H2,1H3,(H,8,9). The highest BCUT2D eigenvalue weighted by Gasteiger charge is 2.09. The van der Waals surface area contributed by atoms with Gasteiger partial charge in [-0.15, -0.1) is 0 Å². The van der Waals surface area contributed by atoms with Gasteiger partial charge in [0, 0.05) is 5.57 Å². The molecule has 0 aromatic heterocycles. The lowest BCUT2D eigenvalue weighted by Crippen LogP contribution is -2.19. The van der Waals surface area contributed by atoms with Crippen molar-refractivity contribution in [1.29, 1.82) is 0 Å². The van der Waals surface area contributed by atoms with Crippen molar-refractivity contribution < 1.29 is 10.0 Å². The summed E-state index contributed by atoms with van der Waals surface area (Å²) < 4.78 is 0. The van der Waals surface area contributed by atoms with Gasteiger partial charge < -0.3 is 0 Å². The monoisotopic (exact) mass is 139 g/mol. The van der Waals surface area contributed by atoms with E-state index in [1.54, 1.807) is 17.6 Å². The van der Waals surface area contributed by atoms with Gasteiger partial charge in [-0.05, 0) is 13.3 Å². The van der Waals surface area contributed by atoms with Gasteiger partial charge in [-0.3, -0.25) is 10.0 Å². The molecule has 3 nitrogen and oxygen atoms in total. The predicted molar refractivity (Wildman–Crippen MR) is 36.4 cm³/mol. The van der Waals surface area contributed by atoms with Crippen molar-refractivity contribution in [3.05, 3.63) is 23.3 Å². The normalized spacial score (nSPS) is 16.2. The lowest BCUT2D eigenvalue weighted by atomic mass is 10.3. The molecule has 1 aliphatic carbocycles. The number of carbonyl (C=O) groups is 1. The van der Waals surface area contributed by atoms with E-state index in [1.165, 1.54) is 0 Å². The van der Waals surface area contributed by atoms with Gasteiger partial charge in [0.15, 0.2) is 0 Å². The molecule has 10 heavy (non-hydrogen) atoms. The molecule has 2 N–H and O–H groups in total. The first-order valence-electron chi connectivity index (χ1n) is 3.06. The molecule has 0 aromatic carbocycles. The van der Waals surface area contributed by atoms with E-state index in [0.717, 1.165) is 12.0 Å². The molecule has 0 atom stereocenters. The van der Waals surface area contributed by atoms with Crippen LogP contribution >= 0.6 is 0 Å². The number of carbonyl (C=O) groups excluding carboxylic acids is 1. The van der Waals surface area contributed by atoms with E-state index in [1.807, 2.05) is 6.92 Å². The third-order valence-corrected chi connectivity index (χ3v) is 1.41. The summed E-state index contributed by atoms with van der Waals surface area (Å²) in [6, 6.07) is 0. The summed E-state index contributed by atoms with van der Waals surface area (Å²) in [4.78, 5) is 10.7. The molecule has 1 aliphatic rings. The van der Waals surface area contributed by atoms with Crippen LogP contribution in [0.5, 0.6) is 0 Å². The molecule has 0 bridgehead atoms. The summed E-state index contributed by atoms with van der Waals surface area (Å²) in [5.74, 6) is -0.433. The Morgan fingerprint density at radius 3 is 2.90 bits per heavy atom. The van der Waals surface area contributed by atoms with Crippen molar-refractivity contribution in [2.45, 2.75) is 13.3 Å². The lowest BCUT2D eigenvalue weighted by molar-refractivity contribution is -0.124. The molecule has 0 fully saturated rings. The van der Waals surface area contributed by atoms with E-state index >= 15 is 0 Å². The molecule has 0 spiro atoms. The second kappa shape index (κ2) is 2.66. The Morgan fingerprint density at radius 1 is 1.80 bits per heavy atom. The molecule has 0 saturated heterocycles. The van der Waals surface area contributed by atoms with E-state index in [4.69, 9.17) is 5.21 Å². The Balaban J connectivity index is 2.67. The van der Waals surface area contributed by atoms with Crippen molar-refractivity contribution in [1.82, 2.24) is 5.48 Å². The minimum atomic E-state index is -0.433. The van der Waals surface area contributed by atoms with E-state index in [2.05, 4.69) is 0 Å². The van der Waals surface area contributed by atoms with Crippen molar-refractivity contribution in [2.24, 2.45) is 0 Å². The van der Waals surface area contributed by atoms with Crippen molar-refractivity contribution in [3.8, 4) is 0 Å². The molecular formula is C7H9NO2. The van der Waals surface area contributed by atoms with Crippen molar-refractivity contribution in [3.63, 3.8) is 0 Å². The Labute approximate surface area is 59.0 Å². The fraction of sp³-hybridized carbons (Fsp3) is 0.286. The van der Waals surface area contributed by atoms with Gasteiger partial charge in [0.2, 0.25) is 0 Å². The number of allylic oxidation sites excluding steroid dienone is 2. The fourth-order valence-corrected chi connectivity index (χ4v) is 0.877. The Hall–Kier alpha value is -1.09. The van der Waals surface area contributed by atoms with Crippen LogP contribution < -0.4 is 5.48 Å². The molecule has 3 heteroatoms. The van der Waals surface area contributed by atoms with Crippen LogP contribution in [0.1, 0.15) is 13.3 Å². The van der Waals surface area contributed by atoms with E-state index in [-0.39, 0.29) is 0 Å². The highest BCUT2D eigenvalue weighted by Crippen LogP contribution is 2.15. The average molecular weight is 139 g/mol. The van der Waals surface area contributed by atoms with Gasteiger partial charge in [0.05, 0.1) is 0 Å². The third kappa shape index (κ3) is 1.25. The van der Waals surface area contributed by atoms with Gasteiger partial charge in [-0.25, -0.2) is 5.48 Å². The Bertz CT molecular complexity index is 216. The fourth-order valence-electron chi connectivity index (χ4n) is 0.877. The zero-order valence-electron chi connectivity index (χ0n) is 5.72. The van der Waals surface area contributed by atoms with E-state index in [9.17, 15) is 4.79 Å².